The summed E-state index contributed by atoms with van der Waals surface area (Å²) < 4.78 is 5.65. The van der Waals surface area contributed by atoms with E-state index < -0.39 is 0 Å². The molecule has 2 bridgehead atoms. The van der Waals surface area contributed by atoms with Crippen molar-refractivity contribution in [3.8, 4) is 5.75 Å². The van der Waals surface area contributed by atoms with Crippen molar-refractivity contribution in [2.24, 2.45) is 11.8 Å². The summed E-state index contributed by atoms with van der Waals surface area (Å²) in [6.45, 7) is 8.75. The van der Waals surface area contributed by atoms with E-state index in [1.165, 1.54) is 56.9 Å². The lowest BCUT2D eigenvalue weighted by Crippen LogP contribution is -2.48. The van der Waals surface area contributed by atoms with E-state index in [2.05, 4.69) is 37.8 Å². The highest BCUT2D eigenvalue weighted by atomic mass is 16.5. The maximum atomic E-state index is 12.6. The smallest absolute Gasteiger partial charge is 0.265 e. The lowest BCUT2D eigenvalue weighted by Gasteiger charge is -2.41. The summed E-state index contributed by atoms with van der Waals surface area (Å²) >= 11 is 0. The molecular formula is C25H38N2O2. The molecule has 2 fully saturated rings. The van der Waals surface area contributed by atoms with Crippen LogP contribution in [0.4, 0.5) is 5.69 Å². The molecule has 3 aliphatic heterocycles. The number of aryl methyl sites for hydroxylation is 1. The third kappa shape index (κ3) is 4.63. The molecule has 1 aromatic rings. The number of anilines is 1. The summed E-state index contributed by atoms with van der Waals surface area (Å²) in [4.78, 5) is 17.4. The van der Waals surface area contributed by atoms with E-state index in [1.807, 2.05) is 11.0 Å². The molecule has 4 heteroatoms. The van der Waals surface area contributed by atoms with Crippen molar-refractivity contribution in [2.75, 3.05) is 24.6 Å². The number of carbonyl (C=O) groups excluding carboxylic acids is 1. The third-order valence-corrected chi connectivity index (χ3v) is 7.27. The van der Waals surface area contributed by atoms with Gasteiger partial charge in [0.15, 0.2) is 6.61 Å². The highest BCUT2D eigenvalue weighted by Gasteiger charge is 2.41. The highest BCUT2D eigenvalue weighted by molar-refractivity contribution is 5.97. The van der Waals surface area contributed by atoms with Gasteiger partial charge in [-0.2, -0.15) is 0 Å². The first kappa shape index (κ1) is 20.7. The molecule has 2 saturated heterocycles. The molecule has 3 heterocycles. The van der Waals surface area contributed by atoms with Gasteiger partial charge in [-0.3, -0.25) is 9.69 Å². The number of fused-ring (bicyclic) bond motifs is 3. The number of hydrogen-bond donors (Lipinski definition) is 0. The molecule has 0 N–H and O–H groups in total. The Bertz CT molecular complexity index is 705. The first-order valence-corrected chi connectivity index (χ1v) is 11.8. The molecule has 2 unspecified atom stereocenters. The second kappa shape index (κ2) is 9.07. The molecule has 3 aliphatic rings. The van der Waals surface area contributed by atoms with Crippen molar-refractivity contribution in [3.05, 3.63) is 23.8 Å². The van der Waals surface area contributed by atoms with Crippen LogP contribution in [0.2, 0.25) is 0 Å². The predicted molar refractivity (Wildman–Crippen MR) is 119 cm³/mol. The van der Waals surface area contributed by atoms with Gasteiger partial charge in [0.05, 0.1) is 5.69 Å². The number of ether oxygens (including phenoxy) is 1. The molecule has 29 heavy (non-hydrogen) atoms. The molecule has 1 aromatic carbocycles. The Balaban J connectivity index is 1.36. The maximum Gasteiger partial charge on any atom is 0.265 e. The van der Waals surface area contributed by atoms with Gasteiger partial charge in [0.25, 0.3) is 5.91 Å². The summed E-state index contributed by atoms with van der Waals surface area (Å²) in [5.74, 6) is 2.34. The second-order valence-electron chi connectivity index (χ2n) is 9.78. The number of rotatable bonds is 8. The van der Waals surface area contributed by atoms with Crippen LogP contribution in [0.25, 0.3) is 0 Å². The number of nitrogens with zero attached hydrogens (tertiary/aromatic N) is 2. The molecule has 0 saturated carbocycles. The lowest BCUT2D eigenvalue weighted by molar-refractivity contribution is -0.121. The van der Waals surface area contributed by atoms with Gasteiger partial charge in [0.2, 0.25) is 0 Å². The first-order chi connectivity index (χ1) is 14.0. The Morgan fingerprint density at radius 1 is 1.14 bits per heavy atom. The number of amides is 1. The van der Waals surface area contributed by atoms with Crippen LogP contribution in [-0.2, 0) is 4.79 Å². The number of benzene rings is 1. The fourth-order valence-corrected chi connectivity index (χ4v) is 5.85. The molecule has 0 aromatic heterocycles. The lowest BCUT2D eigenvalue weighted by atomic mass is 9.86. The number of hydrogen-bond acceptors (Lipinski definition) is 3. The first-order valence-electron chi connectivity index (χ1n) is 11.8. The Kier molecular flexibility index (Phi) is 6.48. The molecule has 0 aliphatic carbocycles. The van der Waals surface area contributed by atoms with Crippen molar-refractivity contribution in [3.63, 3.8) is 0 Å². The van der Waals surface area contributed by atoms with Crippen LogP contribution in [0, 0.1) is 18.8 Å². The zero-order valence-electron chi connectivity index (χ0n) is 18.5. The molecule has 0 radical (unpaired) electrons. The van der Waals surface area contributed by atoms with Crippen molar-refractivity contribution in [1.82, 2.24) is 4.90 Å². The summed E-state index contributed by atoms with van der Waals surface area (Å²) in [5.41, 5.74) is 2.12. The number of unbranched alkanes of at least 4 members (excludes halogenated alkanes) is 2. The van der Waals surface area contributed by atoms with E-state index in [-0.39, 0.29) is 12.5 Å². The molecule has 4 atom stereocenters. The van der Waals surface area contributed by atoms with Gasteiger partial charge < -0.3 is 9.64 Å². The van der Waals surface area contributed by atoms with Crippen LogP contribution < -0.4 is 9.64 Å². The minimum Gasteiger partial charge on any atom is -0.482 e. The standard InChI is InChI=1S/C25H38N2O2/c1-4-5-6-7-20-13-21-9-10-22(14-20)26(21)15-19(3)16-27-23-12-18(2)8-11-24(23)29-17-25(27)28/h8,11-12,19-22H,4-7,9-10,13-17H2,1-3H3/t19?,20?,21-,22+. The SMILES string of the molecule is CCCCCC1C[C@H]2CC[C@@H](C1)N2CC(C)CN1C(=O)COc2ccc(C)cc21. The van der Waals surface area contributed by atoms with Crippen LogP contribution in [0.3, 0.4) is 0 Å². The highest BCUT2D eigenvalue weighted by Crippen LogP contribution is 2.41. The molecular weight excluding hydrogens is 360 g/mol. The average Bonchev–Trinajstić information content (AvgIpc) is 2.92. The van der Waals surface area contributed by atoms with Gasteiger partial charge in [-0.05, 0) is 62.1 Å². The van der Waals surface area contributed by atoms with E-state index in [1.54, 1.807) is 0 Å². The van der Waals surface area contributed by atoms with Crippen molar-refractivity contribution in [2.45, 2.75) is 84.2 Å². The van der Waals surface area contributed by atoms with Crippen LogP contribution in [-0.4, -0.2) is 42.6 Å². The molecule has 1 amide bonds. The number of piperidine rings is 1. The summed E-state index contributed by atoms with van der Waals surface area (Å²) in [5, 5.41) is 0. The normalized spacial score (nSPS) is 27.6. The summed E-state index contributed by atoms with van der Waals surface area (Å²) in [6, 6.07) is 7.69. The van der Waals surface area contributed by atoms with E-state index >= 15 is 0 Å². The molecule has 0 spiro atoms. The van der Waals surface area contributed by atoms with Gasteiger partial charge in [-0.1, -0.05) is 45.6 Å². The summed E-state index contributed by atoms with van der Waals surface area (Å²) in [6.07, 6.45) is 11.1. The van der Waals surface area contributed by atoms with Crippen molar-refractivity contribution >= 4 is 11.6 Å². The quantitative estimate of drug-likeness (QED) is 0.566. The monoisotopic (exact) mass is 398 g/mol. The topological polar surface area (TPSA) is 32.8 Å². The van der Waals surface area contributed by atoms with Gasteiger partial charge in [0.1, 0.15) is 5.75 Å². The minimum atomic E-state index is 0.0903. The Labute approximate surface area is 176 Å². The average molecular weight is 399 g/mol. The Morgan fingerprint density at radius 3 is 2.62 bits per heavy atom. The van der Waals surface area contributed by atoms with Crippen LogP contribution in [0.15, 0.2) is 18.2 Å². The van der Waals surface area contributed by atoms with Crippen LogP contribution in [0.1, 0.15) is 70.8 Å². The largest absolute Gasteiger partial charge is 0.482 e. The van der Waals surface area contributed by atoms with Gasteiger partial charge in [-0.25, -0.2) is 0 Å². The third-order valence-electron chi connectivity index (χ3n) is 7.27. The van der Waals surface area contributed by atoms with Crippen LogP contribution in [0.5, 0.6) is 5.75 Å². The van der Waals surface area contributed by atoms with Gasteiger partial charge >= 0.3 is 0 Å². The zero-order chi connectivity index (χ0) is 20.4. The van der Waals surface area contributed by atoms with Crippen molar-refractivity contribution < 1.29 is 9.53 Å². The molecule has 160 valence electrons. The molecule has 4 nitrogen and oxygen atoms in total. The van der Waals surface area contributed by atoms with Gasteiger partial charge in [0, 0.05) is 25.2 Å². The van der Waals surface area contributed by atoms with Gasteiger partial charge in [-0.15, -0.1) is 0 Å². The maximum absolute atomic E-state index is 12.6. The Hall–Kier alpha value is -1.55. The van der Waals surface area contributed by atoms with E-state index in [0.29, 0.717) is 5.92 Å². The van der Waals surface area contributed by atoms with Crippen LogP contribution >= 0.6 is 0 Å². The summed E-state index contributed by atoms with van der Waals surface area (Å²) in [7, 11) is 0. The van der Waals surface area contributed by atoms with E-state index in [9.17, 15) is 4.79 Å². The predicted octanol–water partition coefficient (Wildman–Crippen LogP) is 5.18. The van der Waals surface area contributed by atoms with E-state index in [4.69, 9.17) is 4.74 Å². The fourth-order valence-electron chi connectivity index (χ4n) is 5.85. The zero-order valence-corrected chi connectivity index (χ0v) is 18.5. The number of carbonyl (C=O) groups is 1. The minimum absolute atomic E-state index is 0.0903. The Morgan fingerprint density at radius 2 is 1.90 bits per heavy atom. The van der Waals surface area contributed by atoms with E-state index in [0.717, 1.165) is 42.5 Å². The van der Waals surface area contributed by atoms with Crippen molar-refractivity contribution in [1.29, 1.82) is 0 Å². The fraction of sp³-hybridized carbons (Fsp3) is 0.720. The second-order valence-corrected chi connectivity index (χ2v) is 9.78. The molecule has 4 rings (SSSR count).